The number of carbonyl (C=O) groups is 3. The second kappa shape index (κ2) is 38.4. The molecule has 6 heterocycles. The molecule has 5 amide bonds. The predicted molar refractivity (Wildman–Crippen MR) is 407 cm³/mol. The summed E-state index contributed by atoms with van der Waals surface area (Å²) in [6.07, 6.45) is 10.9. The van der Waals surface area contributed by atoms with Crippen molar-refractivity contribution in [3.05, 3.63) is 217 Å². The predicted octanol–water partition coefficient (Wildman–Crippen LogP) is 16.0. The molecule has 4 fully saturated rings. The number of nitrogens with zero attached hydrogens (tertiary/aromatic N) is 8. The molecule has 7 aromatic carbocycles. The number of likely N-dealkylation sites (tertiary alicyclic amines) is 3. The molecular weight excluding hydrogens is 1490 g/mol. The molecule has 510 valence electrons. The van der Waals surface area contributed by atoms with Crippen LogP contribution in [0.25, 0.3) is 22.3 Å². The molecule has 23 heteroatoms. The number of aromatic nitrogens is 3. The van der Waals surface area contributed by atoms with Crippen LogP contribution < -0.4 is 36.4 Å². The Morgan fingerprint density at radius 1 is 0.546 bits per heavy atom. The van der Waals surface area contributed by atoms with Gasteiger partial charge >= 0.3 is 18.2 Å². The van der Waals surface area contributed by atoms with Gasteiger partial charge in [0.15, 0.2) is 0 Å². The highest BCUT2D eigenvalue weighted by Crippen LogP contribution is 2.31. The van der Waals surface area contributed by atoms with Crippen molar-refractivity contribution in [2.24, 2.45) is 0 Å². The normalized spacial score (nSPS) is 14.4. The molecule has 0 spiro atoms. The van der Waals surface area contributed by atoms with Crippen molar-refractivity contribution in [3.8, 4) is 11.3 Å². The molecule has 2 aromatic heterocycles. The number of cyclic esters (lactones) is 1. The summed E-state index contributed by atoms with van der Waals surface area (Å²) in [6, 6.07) is 53.4. The number of aromatic amines is 1. The Balaban J connectivity index is 0.000000155. The third-order valence-corrected chi connectivity index (χ3v) is 18.9. The van der Waals surface area contributed by atoms with E-state index in [0.717, 1.165) is 138 Å². The van der Waals surface area contributed by atoms with E-state index in [-0.39, 0.29) is 31.4 Å². The fourth-order valence-electron chi connectivity index (χ4n) is 11.4. The molecule has 9 aromatic rings. The number of H-pyrrole nitrogens is 1. The van der Waals surface area contributed by atoms with Crippen LogP contribution in [0.4, 0.5) is 54.2 Å². The summed E-state index contributed by atoms with van der Waals surface area (Å²) in [5, 5.41) is 28.8. The fraction of sp³-hybridized carbons (Fsp3) is 0.311. The van der Waals surface area contributed by atoms with Crippen LogP contribution in [0, 0.1) is 6.92 Å². The molecule has 0 aliphatic carbocycles. The van der Waals surface area contributed by atoms with Crippen LogP contribution in [0.5, 0.6) is 0 Å². The van der Waals surface area contributed by atoms with E-state index in [1.54, 1.807) is 21.0 Å². The Bertz CT molecular complexity index is 3840. The Morgan fingerprint density at radius 3 is 1.41 bits per heavy atom. The summed E-state index contributed by atoms with van der Waals surface area (Å²) >= 11 is 13.5. The topological polar surface area (TPSA) is 224 Å². The number of ether oxygens (including phenoxy) is 1. The quantitative estimate of drug-likeness (QED) is 0.0398. The zero-order chi connectivity index (χ0) is 68.3. The first-order chi connectivity index (χ1) is 47.2. The first-order valence-corrected chi connectivity index (χ1v) is 35.9. The number of rotatable bonds is 18. The number of anilines is 7. The lowest BCUT2D eigenvalue weighted by molar-refractivity contribution is 0.181. The lowest BCUT2D eigenvalue weighted by atomic mass is 10.1. The minimum atomic E-state index is -0.262. The summed E-state index contributed by atoms with van der Waals surface area (Å²) in [5.74, 6) is 0. The van der Waals surface area contributed by atoms with Gasteiger partial charge in [0.25, 0.3) is 0 Å². The molecule has 0 radical (unpaired) electrons. The third kappa shape index (κ3) is 23.2. The van der Waals surface area contributed by atoms with E-state index in [1.165, 1.54) is 57.3 Å². The second-order valence-corrected chi connectivity index (χ2v) is 27.4. The van der Waals surface area contributed by atoms with Crippen LogP contribution in [-0.4, -0.2) is 150 Å². The number of benzene rings is 7. The van der Waals surface area contributed by atoms with Gasteiger partial charge in [-0.15, -0.1) is 0 Å². The Morgan fingerprint density at radius 2 is 0.969 bits per heavy atom. The molecule has 0 saturated carbocycles. The van der Waals surface area contributed by atoms with Crippen LogP contribution in [0.1, 0.15) is 55.2 Å². The number of aryl methyl sites for hydroxylation is 1. The molecule has 13 rings (SSSR count). The summed E-state index contributed by atoms with van der Waals surface area (Å²) in [4.78, 5) is 61.9. The van der Waals surface area contributed by atoms with Crippen molar-refractivity contribution in [3.63, 3.8) is 0 Å². The molecule has 8 N–H and O–H groups in total. The smallest absolute Gasteiger partial charge is 0.414 e. The van der Waals surface area contributed by atoms with E-state index in [2.05, 4.69) is 134 Å². The number of nitrogens with two attached hydrogens (primary N) is 1. The number of nitrogens with one attached hydrogen (secondary N) is 4. The van der Waals surface area contributed by atoms with Gasteiger partial charge in [-0.25, -0.2) is 24.4 Å². The SMILES string of the molecule is Brc1ccc(NCCN2CCCC2)cc1.Cc1c[nH]c2ncnc(-c3ccc(N(CCN4CCCC4)C(=O)Nc4ccc(CO)cc4)cc3)c12.Nc1ccc(Br)cc1.O=C(Nc1ccc(CO)cc1)N(CCN1CCCC1)c1ccc(Br)cc1.O=C1OCCN1c1ccc(Br)cc1. The summed E-state index contributed by atoms with van der Waals surface area (Å²) < 4.78 is 9.01. The Labute approximate surface area is 602 Å². The van der Waals surface area contributed by atoms with Crippen molar-refractivity contribution in [1.82, 2.24) is 29.7 Å². The number of urea groups is 2. The molecule has 0 unspecified atom stereocenters. The van der Waals surface area contributed by atoms with Crippen molar-refractivity contribution >= 4 is 133 Å². The summed E-state index contributed by atoms with van der Waals surface area (Å²) in [7, 11) is 0. The van der Waals surface area contributed by atoms with Crippen LogP contribution >= 0.6 is 63.7 Å². The largest absolute Gasteiger partial charge is 0.447 e. The van der Waals surface area contributed by atoms with E-state index in [9.17, 15) is 19.5 Å². The lowest BCUT2D eigenvalue weighted by Crippen LogP contribution is -2.40. The Hall–Kier alpha value is -7.71. The first-order valence-electron chi connectivity index (χ1n) is 32.8. The molecule has 4 aliphatic heterocycles. The molecule has 19 nitrogen and oxygen atoms in total. The minimum Gasteiger partial charge on any atom is -0.447 e. The van der Waals surface area contributed by atoms with Crippen molar-refractivity contribution in [2.75, 3.05) is 128 Å². The van der Waals surface area contributed by atoms with Gasteiger partial charge in [0.1, 0.15) is 18.6 Å². The highest BCUT2D eigenvalue weighted by Gasteiger charge is 2.24. The zero-order valence-corrected chi connectivity index (χ0v) is 60.9. The maximum Gasteiger partial charge on any atom is 0.414 e. The first kappa shape index (κ1) is 73.5. The van der Waals surface area contributed by atoms with E-state index in [4.69, 9.17) is 15.6 Å². The van der Waals surface area contributed by atoms with Gasteiger partial charge < -0.3 is 56.3 Å². The van der Waals surface area contributed by atoms with Gasteiger partial charge in [0.2, 0.25) is 0 Å². The van der Waals surface area contributed by atoms with E-state index in [1.807, 2.05) is 159 Å². The third-order valence-electron chi connectivity index (χ3n) is 16.8. The van der Waals surface area contributed by atoms with Crippen molar-refractivity contribution in [2.45, 2.75) is 58.7 Å². The second-order valence-electron chi connectivity index (χ2n) is 23.7. The van der Waals surface area contributed by atoms with E-state index >= 15 is 0 Å². The maximum atomic E-state index is 13.3. The number of aliphatic hydroxyl groups excluding tert-OH is 2. The monoisotopic (exact) mass is 1570 g/mol. The molecule has 0 atom stereocenters. The number of fused-ring (bicyclic) bond motifs is 1. The van der Waals surface area contributed by atoms with Crippen molar-refractivity contribution < 1.29 is 29.3 Å². The van der Waals surface area contributed by atoms with Gasteiger partial charge in [-0.05, 0) is 235 Å². The summed E-state index contributed by atoms with van der Waals surface area (Å²) in [5.41, 5.74) is 16.8. The molecule has 4 aliphatic rings. The highest BCUT2D eigenvalue weighted by atomic mass is 79.9. The van der Waals surface area contributed by atoms with Crippen molar-refractivity contribution in [1.29, 1.82) is 0 Å². The minimum absolute atomic E-state index is 0.00488. The van der Waals surface area contributed by atoms with E-state index in [0.29, 0.717) is 31.9 Å². The average molecular weight is 1570 g/mol. The van der Waals surface area contributed by atoms with E-state index < -0.39 is 0 Å². The van der Waals surface area contributed by atoms with Crippen LogP contribution in [0.2, 0.25) is 0 Å². The number of carbonyl (C=O) groups excluding carboxylic acids is 3. The zero-order valence-electron chi connectivity index (χ0n) is 54.6. The maximum absolute atomic E-state index is 13.3. The van der Waals surface area contributed by atoms with Gasteiger partial charge in [0, 0.05) is 114 Å². The molecular formula is C74H85Br4N13O6. The van der Waals surface area contributed by atoms with Gasteiger partial charge in [-0.3, -0.25) is 14.7 Å². The molecule has 97 heavy (non-hydrogen) atoms. The molecule has 4 saturated heterocycles. The lowest BCUT2D eigenvalue weighted by Gasteiger charge is -2.26. The standard InChI is InChI=1S/C27H30N6O2.C20H24BrN3O2.C12H17BrN2.C9H8BrNO2.C6H6BrN/c1-19-16-28-26-24(19)25(29-18-30-26)21-6-10-23(11-7-21)33(15-14-32-12-2-3-13-32)27(35)31-22-8-4-20(17-34)5-9-22;21-17-5-9-19(10-6-17)24(14-13-23-11-1-2-12-23)20(26)22-18-7-3-16(15-25)4-8-18;13-11-3-5-12(6-4-11)14-7-10-15-8-1-2-9-15;10-7-1-3-8(4-2-7)11-5-6-13-9(11)12;7-5-1-3-6(8)4-2-5/h4-11,16,18,34H,2-3,12-15,17H2,1H3,(H,31,35)(H,28,29,30);3-10,25H,1-2,11-15H2,(H,22,26);3-6,14H,1-2,7-10H2;1-4H,5-6H2;1-4H,8H2. The van der Waals surface area contributed by atoms with Crippen LogP contribution in [0.3, 0.4) is 0 Å². The number of nitrogen functional groups attached to an aromatic ring is 1. The number of aliphatic hydroxyl groups is 2. The van der Waals surface area contributed by atoms with Crippen LogP contribution in [-0.2, 0) is 18.0 Å². The summed E-state index contributed by atoms with van der Waals surface area (Å²) in [6.45, 7) is 15.2. The number of halogens is 4. The number of hydrogen-bond donors (Lipinski definition) is 7. The van der Waals surface area contributed by atoms with Gasteiger partial charge in [-0.2, -0.15) is 0 Å². The highest BCUT2D eigenvalue weighted by molar-refractivity contribution is 9.11. The fourth-order valence-corrected chi connectivity index (χ4v) is 12.4. The van der Waals surface area contributed by atoms with Gasteiger partial charge in [0.05, 0.1) is 25.5 Å². The number of amides is 5. The average Bonchev–Trinajstić information content (AvgIpc) is 1.74. The Kier molecular flexibility index (Phi) is 29.1. The number of hydrogen-bond acceptors (Lipinski definition) is 13. The van der Waals surface area contributed by atoms with Gasteiger partial charge in [-0.1, -0.05) is 100 Å². The van der Waals surface area contributed by atoms with Crippen LogP contribution in [0.15, 0.2) is 200 Å². The molecule has 0 bridgehead atoms.